The molecule has 94 valence electrons. The second-order valence-electron chi connectivity index (χ2n) is 4.36. The first-order chi connectivity index (χ1) is 8.56. The molecule has 1 heterocycles. The summed E-state index contributed by atoms with van der Waals surface area (Å²) in [7, 11) is 3.40. The number of hydrogen-bond donors (Lipinski definition) is 0. The van der Waals surface area contributed by atoms with Crippen LogP contribution < -0.4 is 4.74 Å². The van der Waals surface area contributed by atoms with Gasteiger partial charge in [0.15, 0.2) is 6.29 Å². The van der Waals surface area contributed by atoms with Gasteiger partial charge in [0.25, 0.3) is 0 Å². The van der Waals surface area contributed by atoms with Crippen LogP contribution in [-0.2, 0) is 7.05 Å². The minimum Gasteiger partial charge on any atom is -0.496 e. The third kappa shape index (κ3) is 2.01. The Morgan fingerprint density at radius 3 is 2.56 bits per heavy atom. The number of ether oxygens (including phenoxy) is 1. The van der Waals surface area contributed by atoms with Gasteiger partial charge in [-0.3, -0.25) is 9.48 Å². The first-order valence-corrected chi connectivity index (χ1v) is 5.71. The predicted octanol–water partition coefficient (Wildman–Crippen LogP) is 2.53. The molecule has 1 aromatic carbocycles. The molecule has 0 aliphatic heterocycles. The van der Waals surface area contributed by atoms with E-state index in [9.17, 15) is 4.79 Å². The van der Waals surface area contributed by atoms with Crippen LogP contribution in [0.3, 0.4) is 0 Å². The molecule has 0 spiro atoms. The summed E-state index contributed by atoms with van der Waals surface area (Å²) in [6.45, 7) is 4.03. The van der Waals surface area contributed by atoms with Crippen LogP contribution in [0.5, 0.6) is 5.75 Å². The number of nitrogens with zero attached hydrogens (tertiary/aromatic N) is 2. The minimum absolute atomic E-state index is 0.547. The van der Waals surface area contributed by atoms with Crippen molar-refractivity contribution in [1.29, 1.82) is 0 Å². The van der Waals surface area contributed by atoms with E-state index in [1.807, 2.05) is 19.9 Å². The second-order valence-corrected chi connectivity index (χ2v) is 4.36. The fraction of sp³-hybridized carbons (Fsp3) is 0.286. The highest BCUT2D eigenvalue weighted by Crippen LogP contribution is 2.33. The topological polar surface area (TPSA) is 44.1 Å². The molecule has 4 nitrogen and oxygen atoms in total. The first kappa shape index (κ1) is 12.4. The van der Waals surface area contributed by atoms with E-state index in [2.05, 4.69) is 11.2 Å². The molecule has 0 saturated carbocycles. The van der Waals surface area contributed by atoms with Gasteiger partial charge in [-0.25, -0.2) is 0 Å². The number of aldehydes is 1. The van der Waals surface area contributed by atoms with Gasteiger partial charge in [0, 0.05) is 12.6 Å². The minimum atomic E-state index is 0.547. The molecule has 0 saturated heterocycles. The van der Waals surface area contributed by atoms with E-state index in [4.69, 9.17) is 4.74 Å². The summed E-state index contributed by atoms with van der Waals surface area (Å²) in [6.07, 6.45) is 0.797. The lowest BCUT2D eigenvalue weighted by Crippen LogP contribution is -1.96. The molecule has 0 N–H and O–H groups in total. The van der Waals surface area contributed by atoms with Crippen molar-refractivity contribution < 1.29 is 9.53 Å². The van der Waals surface area contributed by atoms with Crippen LogP contribution in [0.25, 0.3) is 11.3 Å². The van der Waals surface area contributed by atoms with Gasteiger partial charge in [0.05, 0.1) is 12.8 Å². The number of methoxy groups -OCH3 is 1. The molecule has 0 amide bonds. The summed E-state index contributed by atoms with van der Waals surface area (Å²) in [4.78, 5) is 10.9. The summed E-state index contributed by atoms with van der Waals surface area (Å²) in [6, 6.07) is 5.85. The zero-order chi connectivity index (χ0) is 13.3. The summed E-state index contributed by atoms with van der Waals surface area (Å²) < 4.78 is 7.00. The summed E-state index contributed by atoms with van der Waals surface area (Å²) in [5, 5.41) is 4.35. The standard InChI is InChI=1S/C14H16N2O2/c1-9-5-10(2)14(18-4)12(6-9)13-7-11(8-17)16(3)15-13/h5-8H,1-4H3. The van der Waals surface area contributed by atoms with E-state index in [0.29, 0.717) is 5.69 Å². The van der Waals surface area contributed by atoms with E-state index in [1.165, 1.54) is 0 Å². The van der Waals surface area contributed by atoms with Crippen molar-refractivity contribution in [2.24, 2.45) is 7.05 Å². The van der Waals surface area contributed by atoms with Gasteiger partial charge in [-0.05, 0) is 37.1 Å². The number of rotatable bonds is 3. The molecular weight excluding hydrogens is 228 g/mol. The van der Waals surface area contributed by atoms with Gasteiger partial charge in [0.1, 0.15) is 11.4 Å². The maximum absolute atomic E-state index is 10.9. The van der Waals surface area contributed by atoms with Crippen LogP contribution in [0.15, 0.2) is 18.2 Å². The van der Waals surface area contributed by atoms with Gasteiger partial charge in [-0.2, -0.15) is 5.10 Å². The Labute approximate surface area is 106 Å². The van der Waals surface area contributed by atoms with Crippen LogP contribution in [0.4, 0.5) is 0 Å². The van der Waals surface area contributed by atoms with Gasteiger partial charge >= 0.3 is 0 Å². The summed E-state index contributed by atoms with van der Waals surface area (Å²) >= 11 is 0. The molecule has 0 aliphatic rings. The summed E-state index contributed by atoms with van der Waals surface area (Å²) in [5.41, 5.74) is 4.42. The van der Waals surface area contributed by atoms with Crippen LogP contribution in [-0.4, -0.2) is 23.2 Å². The van der Waals surface area contributed by atoms with Gasteiger partial charge in [0.2, 0.25) is 0 Å². The average molecular weight is 244 g/mol. The molecule has 0 atom stereocenters. The van der Waals surface area contributed by atoms with Crippen LogP contribution in [0, 0.1) is 13.8 Å². The Kier molecular flexibility index (Phi) is 3.19. The molecule has 4 heteroatoms. The molecule has 18 heavy (non-hydrogen) atoms. The predicted molar refractivity (Wildman–Crippen MR) is 70.1 cm³/mol. The molecule has 1 aromatic heterocycles. The number of hydrogen-bond acceptors (Lipinski definition) is 3. The number of aryl methyl sites for hydroxylation is 3. The Balaban J connectivity index is 2.65. The van der Waals surface area contributed by atoms with E-state index >= 15 is 0 Å². The fourth-order valence-corrected chi connectivity index (χ4v) is 2.14. The van der Waals surface area contributed by atoms with Crippen molar-refractivity contribution in [1.82, 2.24) is 9.78 Å². The largest absolute Gasteiger partial charge is 0.496 e. The number of aromatic nitrogens is 2. The maximum Gasteiger partial charge on any atom is 0.168 e. The van der Waals surface area contributed by atoms with Crippen molar-refractivity contribution in [3.05, 3.63) is 35.0 Å². The molecule has 0 fully saturated rings. The lowest BCUT2D eigenvalue weighted by molar-refractivity contribution is 0.111. The Morgan fingerprint density at radius 1 is 1.28 bits per heavy atom. The molecule has 0 unspecified atom stereocenters. The maximum atomic E-state index is 10.9. The third-order valence-corrected chi connectivity index (χ3v) is 2.94. The molecule has 0 bridgehead atoms. The zero-order valence-electron chi connectivity index (χ0n) is 11.0. The normalized spacial score (nSPS) is 10.4. The second kappa shape index (κ2) is 4.64. The smallest absolute Gasteiger partial charge is 0.168 e. The molecule has 2 rings (SSSR count). The van der Waals surface area contributed by atoms with Gasteiger partial charge in [-0.1, -0.05) is 6.07 Å². The quantitative estimate of drug-likeness (QED) is 0.779. The Bertz CT molecular complexity index is 600. The van der Waals surface area contributed by atoms with Crippen molar-refractivity contribution >= 4 is 6.29 Å². The molecule has 2 aromatic rings. The van der Waals surface area contributed by atoms with E-state index in [1.54, 1.807) is 24.9 Å². The highest BCUT2D eigenvalue weighted by atomic mass is 16.5. The van der Waals surface area contributed by atoms with Crippen molar-refractivity contribution in [2.45, 2.75) is 13.8 Å². The Morgan fingerprint density at radius 2 is 2.00 bits per heavy atom. The van der Waals surface area contributed by atoms with Crippen molar-refractivity contribution in [2.75, 3.05) is 7.11 Å². The highest BCUT2D eigenvalue weighted by Gasteiger charge is 2.14. The SMILES string of the molecule is COc1c(C)cc(C)cc1-c1cc(C=O)n(C)n1. The van der Waals surface area contributed by atoms with E-state index in [-0.39, 0.29) is 0 Å². The monoisotopic (exact) mass is 244 g/mol. The van der Waals surface area contributed by atoms with Gasteiger partial charge in [-0.15, -0.1) is 0 Å². The van der Waals surface area contributed by atoms with Crippen LogP contribution >= 0.6 is 0 Å². The number of benzene rings is 1. The molecule has 0 radical (unpaired) electrons. The lowest BCUT2D eigenvalue weighted by Gasteiger charge is -2.10. The number of carbonyl (C=O) groups excluding carboxylic acids is 1. The van der Waals surface area contributed by atoms with E-state index in [0.717, 1.165) is 34.4 Å². The first-order valence-electron chi connectivity index (χ1n) is 5.71. The molecule has 0 aliphatic carbocycles. The average Bonchev–Trinajstić information content (AvgIpc) is 2.69. The van der Waals surface area contributed by atoms with Gasteiger partial charge < -0.3 is 4.74 Å². The summed E-state index contributed by atoms with van der Waals surface area (Å²) in [5.74, 6) is 0.802. The zero-order valence-corrected chi connectivity index (χ0v) is 11.0. The highest BCUT2D eigenvalue weighted by molar-refractivity contribution is 5.78. The third-order valence-electron chi connectivity index (χ3n) is 2.94. The number of carbonyl (C=O) groups is 1. The fourth-order valence-electron chi connectivity index (χ4n) is 2.14. The Hall–Kier alpha value is -2.10. The van der Waals surface area contributed by atoms with Crippen LogP contribution in [0.2, 0.25) is 0 Å². The van der Waals surface area contributed by atoms with Crippen molar-refractivity contribution in [3.8, 4) is 17.0 Å². The lowest BCUT2D eigenvalue weighted by atomic mass is 10.0. The van der Waals surface area contributed by atoms with Crippen molar-refractivity contribution in [3.63, 3.8) is 0 Å². The molecular formula is C14H16N2O2. The van der Waals surface area contributed by atoms with Crippen LogP contribution in [0.1, 0.15) is 21.6 Å². The van der Waals surface area contributed by atoms with E-state index < -0.39 is 0 Å².